The molecule has 2 fully saturated rings. The number of sulfone groups is 2. The Morgan fingerprint density at radius 2 is 0.964 bits per heavy atom. The maximum absolute atomic E-state index is 13.6. The van der Waals surface area contributed by atoms with Crippen LogP contribution in [-0.2, 0) is 59.2 Å². The lowest BCUT2D eigenvalue weighted by molar-refractivity contribution is -0.143. The molecule has 83 heavy (non-hydrogen) atoms. The van der Waals surface area contributed by atoms with Crippen LogP contribution in [0, 0.1) is 38.5 Å². The first-order valence-corrected chi connectivity index (χ1v) is 31.7. The van der Waals surface area contributed by atoms with Crippen LogP contribution in [0.1, 0.15) is 143 Å². The molecule has 0 bridgehead atoms. The molecular formula is C57H70F6N6O10S4. The van der Waals surface area contributed by atoms with Crippen molar-refractivity contribution in [3.63, 3.8) is 0 Å². The molecule has 0 spiro atoms. The normalized spacial score (nSPS) is 15.4. The molecule has 2 unspecified atom stereocenters. The zero-order chi connectivity index (χ0) is 61.9. The van der Waals surface area contributed by atoms with Gasteiger partial charge in [-0.2, -0.15) is 26.3 Å². The van der Waals surface area contributed by atoms with Gasteiger partial charge >= 0.3 is 24.3 Å². The number of anilines is 2. The second-order valence-electron chi connectivity index (χ2n) is 21.6. The summed E-state index contributed by atoms with van der Waals surface area (Å²) in [6, 6.07) is 12.4. The molecule has 2 aromatic heterocycles. The number of carbonyl (C=O) groups excluding carboxylic acids is 3. The molecule has 2 amide bonds. The number of esters is 1. The number of amides is 2. The minimum absolute atomic E-state index is 0.0287. The minimum atomic E-state index is -4.73. The van der Waals surface area contributed by atoms with E-state index < -0.39 is 90.1 Å². The van der Waals surface area contributed by atoms with Crippen LogP contribution in [0.2, 0.25) is 0 Å². The van der Waals surface area contributed by atoms with Crippen molar-refractivity contribution < 1.29 is 72.2 Å². The number of rotatable bonds is 24. The van der Waals surface area contributed by atoms with Gasteiger partial charge in [-0.15, -0.1) is 0 Å². The number of pyridine rings is 2. The number of aryl methyl sites for hydroxylation is 4. The van der Waals surface area contributed by atoms with Crippen molar-refractivity contribution in [2.45, 2.75) is 142 Å². The Labute approximate surface area is 491 Å². The number of nitrogens with zero attached hydrogens (tertiary/aromatic N) is 2. The van der Waals surface area contributed by atoms with Crippen LogP contribution < -0.4 is 21.3 Å². The van der Waals surface area contributed by atoms with Gasteiger partial charge < -0.3 is 31.1 Å². The number of carbonyl (C=O) groups is 4. The quantitative estimate of drug-likeness (QED) is 0.0190. The Balaban J connectivity index is 0.000000304. The van der Waals surface area contributed by atoms with Crippen molar-refractivity contribution in [3.05, 3.63) is 117 Å². The lowest BCUT2D eigenvalue weighted by Crippen LogP contribution is -2.51. The Kier molecular flexibility index (Phi) is 23.0. The molecule has 2 aliphatic rings. The zero-order valence-electron chi connectivity index (χ0n) is 47.2. The number of hydrogen-bond acceptors (Lipinski definition) is 13. The monoisotopic (exact) mass is 1240 g/mol. The lowest BCUT2D eigenvalue weighted by Gasteiger charge is -2.43. The fraction of sp³-hybridized carbons (Fsp3) is 0.509. The van der Waals surface area contributed by atoms with Crippen LogP contribution in [0.4, 0.5) is 37.7 Å². The van der Waals surface area contributed by atoms with Gasteiger partial charge in [-0.05, 0) is 127 Å². The summed E-state index contributed by atoms with van der Waals surface area (Å²) in [4.78, 5) is 59.3. The number of nitrogens with one attached hydrogen (secondary N) is 4. The maximum atomic E-state index is 13.6. The highest BCUT2D eigenvalue weighted by molar-refractivity contribution is 7.90. The molecule has 16 nitrogen and oxygen atoms in total. The van der Waals surface area contributed by atoms with Crippen molar-refractivity contribution in [3.8, 4) is 0 Å². The van der Waals surface area contributed by atoms with E-state index in [2.05, 4.69) is 31.2 Å². The predicted octanol–water partition coefficient (Wildman–Crippen LogP) is 10.6. The van der Waals surface area contributed by atoms with E-state index in [1.165, 1.54) is 59.4 Å². The molecule has 0 aliphatic heterocycles. The molecule has 0 saturated heterocycles. The first-order valence-electron chi connectivity index (χ1n) is 26.7. The second kappa shape index (κ2) is 28.2. The van der Waals surface area contributed by atoms with Crippen LogP contribution in [0.15, 0.2) is 60.7 Å². The van der Waals surface area contributed by atoms with Gasteiger partial charge in [0.1, 0.15) is 31.8 Å². The van der Waals surface area contributed by atoms with Crippen LogP contribution in [0.5, 0.6) is 0 Å². The summed E-state index contributed by atoms with van der Waals surface area (Å²) in [6.45, 7) is 5.55. The molecule has 2 aliphatic carbocycles. The second-order valence-corrected chi connectivity index (χ2v) is 26.9. The third kappa shape index (κ3) is 19.5. The smallest absolute Gasteiger partial charge is 0.417 e. The average molecular weight is 1240 g/mol. The van der Waals surface area contributed by atoms with Crippen molar-refractivity contribution in [1.82, 2.24) is 20.6 Å². The lowest BCUT2D eigenvalue weighted by atomic mass is 9.65. The highest BCUT2D eigenvalue weighted by Gasteiger charge is 2.44. The van der Waals surface area contributed by atoms with Gasteiger partial charge in [-0.25, -0.2) is 26.4 Å². The van der Waals surface area contributed by atoms with Gasteiger partial charge in [0.25, 0.3) is 11.8 Å². The highest BCUT2D eigenvalue weighted by Crippen LogP contribution is 2.47. The SMILES string of the molecule is COC(=O)C(Cc1ccc(NC(=O)c2c(C(F)(F)F)cc(C)nc2C)cc1)NC(=S)C1(CCCCS(C)(=O)=O)CCC1.Cc1cc(C(F)(F)F)c(C(=O)Nc2ccc(CC(NC(=S)C3(CCCCS(C)(=O)=O)CCC3)C(=O)O)cc2)c(C)n1. The third-order valence-electron chi connectivity index (χ3n) is 14.8. The molecule has 2 aromatic carbocycles. The number of aliphatic carboxylic acids is 1. The number of unbranched alkanes of at least 4 members (excludes halogenated alkanes) is 2. The maximum Gasteiger partial charge on any atom is 0.417 e. The molecule has 2 saturated carbocycles. The number of methoxy groups -OCH3 is 1. The molecule has 2 atom stereocenters. The number of carboxylic acid groups (broad SMARTS) is 1. The minimum Gasteiger partial charge on any atom is -0.480 e. The summed E-state index contributed by atoms with van der Waals surface area (Å²) in [5.41, 5.74) is -1.77. The van der Waals surface area contributed by atoms with E-state index in [4.69, 9.17) is 29.2 Å². The summed E-state index contributed by atoms with van der Waals surface area (Å²) in [7, 11) is -4.81. The van der Waals surface area contributed by atoms with Crippen molar-refractivity contribution >= 4 is 89.2 Å². The van der Waals surface area contributed by atoms with E-state index in [0.29, 0.717) is 53.2 Å². The summed E-state index contributed by atoms with van der Waals surface area (Å²) < 4.78 is 132. The molecule has 0 radical (unpaired) electrons. The van der Waals surface area contributed by atoms with Gasteiger partial charge in [-0.1, -0.05) is 74.4 Å². The van der Waals surface area contributed by atoms with E-state index in [-0.39, 0.29) is 69.3 Å². The largest absolute Gasteiger partial charge is 0.480 e. The van der Waals surface area contributed by atoms with Gasteiger partial charge in [-0.3, -0.25) is 19.6 Å². The van der Waals surface area contributed by atoms with Crippen LogP contribution in [0.3, 0.4) is 0 Å². The Hall–Kier alpha value is -6.12. The summed E-state index contributed by atoms with van der Waals surface area (Å²) >= 11 is 11.3. The fourth-order valence-corrected chi connectivity index (χ4v) is 12.5. The van der Waals surface area contributed by atoms with Gasteiger partial charge in [0.15, 0.2) is 0 Å². The molecule has 5 N–H and O–H groups in total. The number of thiocarbonyl (C=S) groups is 2. The zero-order valence-corrected chi connectivity index (χ0v) is 50.4. The topological polar surface area (TPSA) is 240 Å². The number of aromatic nitrogens is 2. The van der Waals surface area contributed by atoms with Crippen LogP contribution in [-0.4, -0.2) is 109 Å². The first kappa shape index (κ1) is 67.7. The van der Waals surface area contributed by atoms with E-state index in [1.807, 2.05) is 0 Å². The molecular weight excluding hydrogens is 1170 g/mol. The highest BCUT2D eigenvalue weighted by atomic mass is 32.2. The van der Waals surface area contributed by atoms with Gasteiger partial charge in [0, 0.05) is 70.5 Å². The summed E-state index contributed by atoms with van der Waals surface area (Å²) in [6.07, 6.45) is 2.37. The number of ether oxygens (including phenoxy) is 1. The molecule has 26 heteroatoms. The number of hydrogen-bond donors (Lipinski definition) is 5. The van der Waals surface area contributed by atoms with Crippen molar-refractivity contribution in [2.24, 2.45) is 10.8 Å². The van der Waals surface area contributed by atoms with Crippen molar-refractivity contribution in [2.75, 3.05) is 41.8 Å². The summed E-state index contributed by atoms with van der Waals surface area (Å²) in [5, 5.41) is 21.0. The molecule has 4 aromatic rings. The van der Waals surface area contributed by atoms with E-state index in [1.54, 1.807) is 36.4 Å². The summed E-state index contributed by atoms with van der Waals surface area (Å²) in [5.74, 6) is -3.27. The molecule has 6 rings (SSSR count). The van der Waals surface area contributed by atoms with Crippen molar-refractivity contribution in [1.29, 1.82) is 0 Å². The van der Waals surface area contributed by atoms with E-state index in [9.17, 15) is 67.5 Å². The van der Waals surface area contributed by atoms with Gasteiger partial charge in [0.05, 0.1) is 50.7 Å². The standard InChI is InChI=1S/C29H36F3N3O5S2.C28H34F3N3O5S2/c1-18-16-22(29(30,31)32)24(19(2)33-18)25(36)34-21-10-8-20(9-11-21)17-23(26(37)40-3)35-27(41)28(13-7-14-28)12-5-6-15-42(4,38)39;1-17-15-21(28(29,30)31)23(18(2)32-17)24(35)33-20-9-7-19(8-10-20)16-22(25(36)37)34-26(40)27(12-6-13-27)11-4-5-14-41(3,38)39/h8-11,16,23H,5-7,12-15,17H2,1-4H3,(H,34,36)(H,35,41);7-10,15,22H,4-6,11-14,16H2,1-3H3,(H,33,35)(H,34,40)(H,36,37). The Bertz CT molecular complexity index is 3260. The van der Waals surface area contributed by atoms with Crippen LogP contribution in [0.25, 0.3) is 0 Å². The molecule has 454 valence electrons. The Morgan fingerprint density at radius 1 is 0.614 bits per heavy atom. The Morgan fingerprint density at radius 3 is 1.27 bits per heavy atom. The third-order valence-corrected chi connectivity index (χ3v) is 18.0. The number of carboxylic acids is 1. The average Bonchev–Trinajstić information content (AvgIpc) is 3.42. The van der Waals surface area contributed by atoms with E-state index in [0.717, 1.165) is 57.1 Å². The number of alkyl halides is 6. The first-order chi connectivity index (χ1) is 38.5. The number of benzene rings is 2. The van der Waals surface area contributed by atoms with E-state index >= 15 is 0 Å². The van der Waals surface area contributed by atoms with Crippen LogP contribution >= 0.6 is 24.4 Å². The number of halogens is 6. The molecule has 2 heterocycles. The van der Waals surface area contributed by atoms with Gasteiger partial charge in [0.2, 0.25) is 0 Å². The predicted molar refractivity (Wildman–Crippen MR) is 312 cm³/mol. The fourth-order valence-electron chi connectivity index (χ4n) is 10.2.